The Labute approximate surface area is 124 Å². The first-order valence-electron chi connectivity index (χ1n) is 7.59. The van der Waals surface area contributed by atoms with Crippen LogP contribution in [0.4, 0.5) is 11.4 Å². The van der Waals surface area contributed by atoms with E-state index in [1.165, 1.54) is 19.4 Å². The summed E-state index contributed by atoms with van der Waals surface area (Å²) < 4.78 is 0. The van der Waals surface area contributed by atoms with Gasteiger partial charge in [0.2, 0.25) is 0 Å². The molecule has 0 spiro atoms. The lowest BCUT2D eigenvalue weighted by molar-refractivity contribution is -0.384. The van der Waals surface area contributed by atoms with E-state index in [9.17, 15) is 10.1 Å². The second kappa shape index (κ2) is 5.99. The molecule has 0 radical (unpaired) electrons. The highest BCUT2D eigenvalue weighted by Gasteiger charge is 2.30. The van der Waals surface area contributed by atoms with Crippen LogP contribution in [0.25, 0.3) is 0 Å². The Morgan fingerprint density at radius 3 is 3.00 bits per heavy atom. The third kappa shape index (κ3) is 3.01. The summed E-state index contributed by atoms with van der Waals surface area (Å²) in [6.07, 6.45) is 2.62. The van der Waals surface area contributed by atoms with Crippen LogP contribution in [0.2, 0.25) is 0 Å². The van der Waals surface area contributed by atoms with Gasteiger partial charge in [-0.3, -0.25) is 19.9 Å². The Bertz CT molecular complexity index is 534. The van der Waals surface area contributed by atoms with Crippen LogP contribution in [0.3, 0.4) is 0 Å². The van der Waals surface area contributed by atoms with E-state index in [1.54, 1.807) is 13.1 Å². The fourth-order valence-electron chi connectivity index (χ4n) is 3.50. The normalized spacial score (nSPS) is 23.0. The summed E-state index contributed by atoms with van der Waals surface area (Å²) >= 11 is 0. The molecule has 0 aromatic heterocycles. The van der Waals surface area contributed by atoms with E-state index in [0.29, 0.717) is 11.7 Å². The van der Waals surface area contributed by atoms with E-state index < -0.39 is 0 Å². The van der Waals surface area contributed by atoms with Crippen LogP contribution >= 0.6 is 0 Å². The molecular formula is C15H22N4O2. The van der Waals surface area contributed by atoms with Crippen molar-refractivity contribution in [2.75, 3.05) is 38.5 Å². The van der Waals surface area contributed by atoms with E-state index in [0.717, 1.165) is 31.7 Å². The van der Waals surface area contributed by atoms with Gasteiger partial charge in [-0.2, -0.15) is 0 Å². The predicted octanol–water partition coefficient (Wildman–Crippen LogP) is 1.92. The minimum Gasteiger partial charge on any atom is -0.383 e. The van der Waals surface area contributed by atoms with Crippen molar-refractivity contribution in [3.63, 3.8) is 0 Å². The van der Waals surface area contributed by atoms with Crippen molar-refractivity contribution in [2.24, 2.45) is 0 Å². The average molecular weight is 290 g/mol. The van der Waals surface area contributed by atoms with Crippen LogP contribution in [0.1, 0.15) is 18.4 Å². The fourth-order valence-corrected chi connectivity index (χ4v) is 3.50. The van der Waals surface area contributed by atoms with Crippen LogP contribution in [-0.2, 0) is 6.54 Å². The molecule has 2 fully saturated rings. The lowest BCUT2D eigenvalue weighted by atomic mass is 10.1. The number of nitro benzene ring substituents is 1. The van der Waals surface area contributed by atoms with Gasteiger partial charge in [0, 0.05) is 45.3 Å². The Morgan fingerprint density at radius 1 is 1.38 bits per heavy atom. The highest BCUT2D eigenvalue weighted by molar-refractivity contribution is 5.62. The zero-order valence-electron chi connectivity index (χ0n) is 12.4. The van der Waals surface area contributed by atoms with E-state index in [-0.39, 0.29) is 10.6 Å². The topological polar surface area (TPSA) is 61.6 Å². The number of anilines is 1. The van der Waals surface area contributed by atoms with Gasteiger partial charge in [-0.05, 0) is 31.0 Å². The van der Waals surface area contributed by atoms with Gasteiger partial charge in [0.05, 0.1) is 4.92 Å². The van der Waals surface area contributed by atoms with Crippen LogP contribution < -0.4 is 5.32 Å². The number of hydrogen-bond acceptors (Lipinski definition) is 5. The maximum Gasteiger partial charge on any atom is 0.292 e. The number of rotatable bonds is 4. The lowest BCUT2D eigenvalue weighted by Gasteiger charge is -2.37. The SMILES string of the molecule is CNc1cc(CN2CCN3CCCC3C2)ccc1[N+](=O)[O-]. The summed E-state index contributed by atoms with van der Waals surface area (Å²) in [7, 11) is 1.73. The molecule has 1 atom stereocenters. The molecule has 6 heteroatoms. The number of nitrogens with zero attached hydrogens (tertiary/aromatic N) is 3. The Morgan fingerprint density at radius 2 is 2.24 bits per heavy atom. The van der Waals surface area contributed by atoms with Gasteiger partial charge in [-0.1, -0.05) is 6.07 Å². The number of nitro groups is 1. The Kier molecular flexibility index (Phi) is 4.07. The summed E-state index contributed by atoms with van der Waals surface area (Å²) in [4.78, 5) is 15.7. The number of fused-ring (bicyclic) bond motifs is 1. The highest BCUT2D eigenvalue weighted by Crippen LogP contribution is 2.27. The van der Waals surface area contributed by atoms with E-state index in [2.05, 4.69) is 15.1 Å². The van der Waals surface area contributed by atoms with Crippen molar-refractivity contribution in [3.8, 4) is 0 Å². The smallest absolute Gasteiger partial charge is 0.292 e. The number of nitrogens with one attached hydrogen (secondary N) is 1. The van der Waals surface area contributed by atoms with Gasteiger partial charge in [0.15, 0.2) is 0 Å². The van der Waals surface area contributed by atoms with Crippen LogP contribution in [-0.4, -0.2) is 54.0 Å². The van der Waals surface area contributed by atoms with Crippen molar-refractivity contribution in [3.05, 3.63) is 33.9 Å². The molecule has 2 saturated heterocycles. The first kappa shape index (κ1) is 14.3. The standard InChI is InChI=1S/C15H22N4O2/c1-16-14-9-12(4-5-15(14)19(20)21)10-17-7-8-18-6-2-3-13(18)11-17/h4-5,9,13,16H,2-3,6-8,10-11H2,1H3. The van der Waals surface area contributed by atoms with Gasteiger partial charge < -0.3 is 5.32 Å². The average Bonchev–Trinajstić information content (AvgIpc) is 2.94. The molecule has 3 rings (SSSR count). The molecule has 1 unspecified atom stereocenters. The number of benzene rings is 1. The van der Waals surface area contributed by atoms with Crippen LogP contribution in [0, 0.1) is 10.1 Å². The first-order valence-corrected chi connectivity index (χ1v) is 7.59. The molecular weight excluding hydrogens is 268 g/mol. The van der Waals surface area contributed by atoms with Gasteiger partial charge in [0.1, 0.15) is 5.69 Å². The summed E-state index contributed by atoms with van der Waals surface area (Å²) in [5.74, 6) is 0. The van der Waals surface area contributed by atoms with Crippen molar-refractivity contribution in [1.82, 2.24) is 9.80 Å². The molecule has 114 valence electrons. The molecule has 1 N–H and O–H groups in total. The second-order valence-electron chi connectivity index (χ2n) is 5.93. The zero-order valence-corrected chi connectivity index (χ0v) is 12.4. The van der Waals surface area contributed by atoms with Crippen molar-refractivity contribution in [1.29, 1.82) is 0 Å². The van der Waals surface area contributed by atoms with Crippen LogP contribution in [0.15, 0.2) is 18.2 Å². The third-order valence-corrected chi connectivity index (χ3v) is 4.60. The van der Waals surface area contributed by atoms with E-state index in [1.807, 2.05) is 12.1 Å². The summed E-state index contributed by atoms with van der Waals surface area (Å²) in [6.45, 7) is 5.47. The van der Waals surface area contributed by atoms with Gasteiger partial charge in [0.25, 0.3) is 5.69 Å². The number of hydrogen-bond donors (Lipinski definition) is 1. The Hall–Kier alpha value is -1.66. The van der Waals surface area contributed by atoms with Crippen LogP contribution in [0.5, 0.6) is 0 Å². The molecule has 0 aliphatic carbocycles. The third-order valence-electron chi connectivity index (χ3n) is 4.60. The first-order chi connectivity index (χ1) is 10.2. The molecule has 0 bridgehead atoms. The minimum absolute atomic E-state index is 0.141. The maximum absolute atomic E-state index is 11.0. The summed E-state index contributed by atoms with van der Waals surface area (Å²) in [6, 6.07) is 6.09. The molecule has 2 aliphatic heterocycles. The van der Waals surface area contributed by atoms with Gasteiger partial charge in [-0.25, -0.2) is 0 Å². The zero-order chi connectivity index (χ0) is 14.8. The molecule has 1 aromatic rings. The summed E-state index contributed by atoms with van der Waals surface area (Å²) in [5.41, 5.74) is 1.87. The van der Waals surface area contributed by atoms with E-state index >= 15 is 0 Å². The maximum atomic E-state index is 11.0. The molecule has 2 aliphatic rings. The summed E-state index contributed by atoms with van der Waals surface area (Å²) in [5, 5.41) is 13.9. The molecule has 6 nitrogen and oxygen atoms in total. The van der Waals surface area contributed by atoms with Crippen molar-refractivity contribution in [2.45, 2.75) is 25.4 Å². The van der Waals surface area contributed by atoms with Gasteiger partial charge >= 0.3 is 0 Å². The molecule has 0 amide bonds. The predicted molar refractivity (Wildman–Crippen MR) is 82.5 cm³/mol. The Balaban J connectivity index is 1.69. The van der Waals surface area contributed by atoms with E-state index in [4.69, 9.17) is 0 Å². The van der Waals surface area contributed by atoms with Crippen molar-refractivity contribution >= 4 is 11.4 Å². The minimum atomic E-state index is -0.340. The number of piperazine rings is 1. The molecule has 1 aromatic carbocycles. The van der Waals surface area contributed by atoms with Gasteiger partial charge in [-0.15, -0.1) is 0 Å². The highest BCUT2D eigenvalue weighted by atomic mass is 16.6. The quantitative estimate of drug-likeness (QED) is 0.678. The molecule has 21 heavy (non-hydrogen) atoms. The lowest BCUT2D eigenvalue weighted by Crippen LogP contribution is -2.49. The largest absolute Gasteiger partial charge is 0.383 e. The molecule has 2 heterocycles. The fraction of sp³-hybridized carbons (Fsp3) is 0.600. The second-order valence-corrected chi connectivity index (χ2v) is 5.93. The molecule has 0 saturated carbocycles. The van der Waals surface area contributed by atoms with Crippen molar-refractivity contribution < 1.29 is 4.92 Å². The monoisotopic (exact) mass is 290 g/mol.